The van der Waals surface area contributed by atoms with Gasteiger partial charge in [0.05, 0.1) is 16.2 Å². The van der Waals surface area contributed by atoms with E-state index in [9.17, 15) is 32.9 Å². The Balaban J connectivity index is 2.41. The van der Waals surface area contributed by atoms with Crippen molar-refractivity contribution in [1.82, 2.24) is 0 Å². The largest absolute Gasteiger partial charge is 0.465 e. The number of alkyl halides is 3. The minimum Gasteiger partial charge on any atom is -0.465 e. The van der Waals surface area contributed by atoms with Crippen molar-refractivity contribution >= 4 is 29.1 Å². The molecule has 11 heteroatoms. The number of hydrogen-bond donors (Lipinski definition) is 3. The first-order chi connectivity index (χ1) is 12.1. The molecule has 136 valence electrons. The van der Waals surface area contributed by atoms with E-state index in [-0.39, 0.29) is 5.69 Å². The molecule has 3 N–H and O–H groups in total. The number of benzene rings is 2. The lowest BCUT2D eigenvalue weighted by molar-refractivity contribution is -0.385. The van der Waals surface area contributed by atoms with Gasteiger partial charge in [-0.15, -0.1) is 0 Å². The molecule has 0 saturated carbocycles. The molecule has 2 aromatic rings. The summed E-state index contributed by atoms with van der Waals surface area (Å²) in [6, 6.07) is 7.14. The summed E-state index contributed by atoms with van der Waals surface area (Å²) in [6.45, 7) is 0. The fourth-order valence-corrected chi connectivity index (χ4v) is 2.10. The lowest BCUT2D eigenvalue weighted by atomic mass is 10.1. The topological polar surface area (TPSA) is 122 Å². The molecular weight excluding hydrogens is 359 g/mol. The average molecular weight is 369 g/mol. The number of nitro groups is 1. The maximum atomic E-state index is 13.2. The van der Waals surface area contributed by atoms with Gasteiger partial charge < -0.3 is 10.4 Å². The van der Waals surface area contributed by atoms with Crippen LogP contribution in [0.4, 0.5) is 35.0 Å². The Morgan fingerprint density at radius 1 is 1.08 bits per heavy atom. The van der Waals surface area contributed by atoms with Gasteiger partial charge in [-0.3, -0.25) is 20.2 Å². The Morgan fingerprint density at radius 2 is 1.73 bits per heavy atom. The third-order valence-electron chi connectivity index (χ3n) is 3.17. The highest BCUT2D eigenvalue weighted by Crippen LogP contribution is 2.37. The summed E-state index contributed by atoms with van der Waals surface area (Å²) in [6.07, 6.45) is -6.46. The number of nitrogens with zero attached hydrogens (tertiary/aromatic N) is 1. The summed E-state index contributed by atoms with van der Waals surface area (Å²) in [5.41, 5.74) is -3.32. The molecular formula is C15H10F3N3O5. The summed E-state index contributed by atoms with van der Waals surface area (Å²) in [7, 11) is 0. The molecule has 0 aliphatic rings. The third-order valence-corrected chi connectivity index (χ3v) is 3.17. The van der Waals surface area contributed by atoms with Crippen LogP contribution in [0.25, 0.3) is 0 Å². The van der Waals surface area contributed by atoms with Crippen LogP contribution in [0.1, 0.15) is 15.9 Å². The number of nitrogens with one attached hydrogen (secondary N) is 2. The fraction of sp³-hybridized carbons (Fsp3) is 0.0667. The third kappa shape index (κ3) is 4.26. The number of anilines is 2. The Kier molecular flexibility index (Phi) is 5.10. The number of halogens is 3. The second-order valence-corrected chi connectivity index (χ2v) is 4.92. The van der Waals surface area contributed by atoms with Gasteiger partial charge in [0.25, 0.3) is 11.6 Å². The molecule has 0 unspecified atom stereocenters. The van der Waals surface area contributed by atoms with Crippen molar-refractivity contribution < 1.29 is 32.8 Å². The maximum absolute atomic E-state index is 13.2. The number of carbonyl (C=O) groups is 2. The van der Waals surface area contributed by atoms with Crippen molar-refractivity contribution in [2.75, 3.05) is 10.6 Å². The van der Waals surface area contributed by atoms with Crippen molar-refractivity contribution in [3.8, 4) is 0 Å². The number of carbonyl (C=O) groups excluding carboxylic acids is 1. The van der Waals surface area contributed by atoms with Gasteiger partial charge in [0.1, 0.15) is 5.56 Å². The van der Waals surface area contributed by atoms with Crippen LogP contribution in [0.5, 0.6) is 0 Å². The van der Waals surface area contributed by atoms with Gasteiger partial charge in [-0.05, 0) is 24.3 Å². The molecule has 0 bridgehead atoms. The van der Waals surface area contributed by atoms with Crippen molar-refractivity contribution in [3.05, 3.63) is 63.7 Å². The predicted octanol–water partition coefficient (Wildman–Crippen LogP) is 3.96. The number of amides is 2. The first-order valence-electron chi connectivity index (χ1n) is 6.85. The maximum Gasteiger partial charge on any atom is 0.418 e. The van der Waals surface area contributed by atoms with Gasteiger partial charge in [0.15, 0.2) is 0 Å². The van der Waals surface area contributed by atoms with Crippen molar-refractivity contribution in [1.29, 1.82) is 0 Å². The molecule has 2 aromatic carbocycles. The van der Waals surface area contributed by atoms with Gasteiger partial charge >= 0.3 is 12.3 Å². The summed E-state index contributed by atoms with van der Waals surface area (Å²) in [5.74, 6) is -1.11. The van der Waals surface area contributed by atoms with Gasteiger partial charge in [0.2, 0.25) is 0 Å². The van der Waals surface area contributed by atoms with Crippen molar-refractivity contribution in [3.63, 3.8) is 0 Å². The van der Waals surface area contributed by atoms with Crippen LogP contribution in [-0.2, 0) is 6.18 Å². The highest BCUT2D eigenvalue weighted by molar-refractivity contribution is 6.07. The van der Waals surface area contributed by atoms with E-state index >= 15 is 0 Å². The van der Waals surface area contributed by atoms with Crippen molar-refractivity contribution in [2.45, 2.75) is 6.18 Å². The van der Waals surface area contributed by atoms with Crippen LogP contribution in [0.3, 0.4) is 0 Å². The quantitative estimate of drug-likeness (QED) is 0.556. The molecule has 2 rings (SSSR count). The van der Waals surface area contributed by atoms with E-state index in [0.717, 1.165) is 24.3 Å². The van der Waals surface area contributed by atoms with Crippen LogP contribution < -0.4 is 10.6 Å². The summed E-state index contributed by atoms with van der Waals surface area (Å²) >= 11 is 0. The monoisotopic (exact) mass is 369 g/mol. The Labute approximate surface area is 143 Å². The summed E-state index contributed by atoms with van der Waals surface area (Å²) in [5, 5.41) is 23.3. The minimum atomic E-state index is -4.90. The van der Waals surface area contributed by atoms with Crippen LogP contribution >= 0.6 is 0 Å². The van der Waals surface area contributed by atoms with E-state index in [0.29, 0.717) is 6.07 Å². The predicted molar refractivity (Wildman–Crippen MR) is 84.1 cm³/mol. The first kappa shape index (κ1) is 18.7. The number of nitro benzene ring substituents is 1. The van der Waals surface area contributed by atoms with Crippen molar-refractivity contribution in [2.24, 2.45) is 0 Å². The molecule has 0 saturated heterocycles. The molecule has 0 heterocycles. The SMILES string of the molecule is O=C(O)Nc1ccc(NC(=O)c2ccccc2[N+](=O)[O-])c(C(F)(F)F)c1. The molecule has 8 nitrogen and oxygen atoms in total. The highest BCUT2D eigenvalue weighted by Gasteiger charge is 2.35. The fourth-order valence-electron chi connectivity index (χ4n) is 2.10. The molecule has 0 radical (unpaired) electrons. The summed E-state index contributed by atoms with van der Waals surface area (Å²) < 4.78 is 39.6. The first-order valence-corrected chi connectivity index (χ1v) is 6.85. The zero-order chi connectivity index (χ0) is 19.5. The van der Waals surface area contributed by atoms with E-state index in [4.69, 9.17) is 5.11 Å². The molecule has 0 aliphatic carbocycles. The second-order valence-electron chi connectivity index (χ2n) is 4.92. The number of rotatable bonds is 4. The lowest BCUT2D eigenvalue weighted by Gasteiger charge is -2.15. The van der Waals surface area contributed by atoms with Crippen LogP contribution in [-0.4, -0.2) is 22.0 Å². The summed E-state index contributed by atoms with van der Waals surface area (Å²) in [4.78, 5) is 32.8. The van der Waals surface area contributed by atoms with Gasteiger partial charge in [-0.25, -0.2) is 4.79 Å². The standard InChI is InChI=1S/C15H10F3N3O5/c16-15(17,18)10-7-8(19-14(23)24)5-6-11(10)20-13(22)9-3-1-2-4-12(9)21(25)26/h1-7,19H,(H,20,22)(H,23,24). The smallest absolute Gasteiger partial charge is 0.418 e. The Hall–Kier alpha value is -3.63. The Bertz CT molecular complexity index is 883. The minimum absolute atomic E-state index is 0.353. The molecule has 2 amide bonds. The molecule has 26 heavy (non-hydrogen) atoms. The van der Waals surface area contributed by atoms with Gasteiger partial charge in [-0.1, -0.05) is 12.1 Å². The number of hydrogen-bond acceptors (Lipinski definition) is 4. The lowest BCUT2D eigenvalue weighted by Crippen LogP contribution is -2.18. The zero-order valence-electron chi connectivity index (χ0n) is 12.7. The van der Waals surface area contributed by atoms with Gasteiger partial charge in [0, 0.05) is 11.8 Å². The highest BCUT2D eigenvalue weighted by atomic mass is 19.4. The van der Waals surface area contributed by atoms with Crippen LogP contribution in [0, 0.1) is 10.1 Å². The molecule has 0 atom stereocenters. The molecule has 0 aromatic heterocycles. The second kappa shape index (κ2) is 7.09. The zero-order valence-corrected chi connectivity index (χ0v) is 12.7. The molecule has 0 spiro atoms. The van der Waals surface area contributed by atoms with E-state index in [2.05, 4.69) is 0 Å². The number of carboxylic acid groups (broad SMARTS) is 1. The van der Waals surface area contributed by atoms with Crippen LogP contribution in [0.15, 0.2) is 42.5 Å². The molecule has 0 fully saturated rings. The van der Waals surface area contributed by atoms with E-state index in [1.165, 1.54) is 12.1 Å². The Morgan fingerprint density at radius 3 is 2.31 bits per heavy atom. The van der Waals surface area contributed by atoms with E-state index < -0.39 is 45.6 Å². The van der Waals surface area contributed by atoms with E-state index in [1.807, 2.05) is 5.32 Å². The normalized spacial score (nSPS) is 10.9. The number of para-hydroxylation sites is 1. The molecule has 0 aliphatic heterocycles. The van der Waals surface area contributed by atoms with E-state index in [1.54, 1.807) is 5.32 Å². The van der Waals surface area contributed by atoms with Crippen LogP contribution in [0.2, 0.25) is 0 Å². The average Bonchev–Trinajstić information content (AvgIpc) is 2.54. The van der Waals surface area contributed by atoms with Gasteiger partial charge in [-0.2, -0.15) is 13.2 Å².